The molecule has 0 aliphatic rings. The van der Waals surface area contributed by atoms with Crippen molar-refractivity contribution in [2.45, 2.75) is 315 Å². The number of esters is 1. The maximum atomic E-state index is 12.4. The first-order chi connectivity index (χ1) is 32.0. The van der Waals surface area contributed by atoms with Crippen molar-refractivity contribution < 1.29 is 24.5 Å². The Labute approximate surface area is 404 Å². The number of carbonyl (C=O) groups is 2. The van der Waals surface area contributed by atoms with Crippen LogP contribution in [0.2, 0.25) is 0 Å². The summed E-state index contributed by atoms with van der Waals surface area (Å²) in [4.78, 5) is 24.4. The Morgan fingerprint density at radius 3 is 1.18 bits per heavy atom. The van der Waals surface area contributed by atoms with Crippen molar-refractivity contribution in [1.82, 2.24) is 5.32 Å². The van der Waals surface area contributed by atoms with Crippen molar-refractivity contribution >= 4 is 11.9 Å². The quantitative estimate of drug-likeness (QED) is 0.0321. The van der Waals surface area contributed by atoms with Gasteiger partial charge in [0.25, 0.3) is 0 Å². The third kappa shape index (κ3) is 51.3. The smallest absolute Gasteiger partial charge is 0.305 e. The molecule has 0 saturated carbocycles. The number of amides is 1. The van der Waals surface area contributed by atoms with Crippen molar-refractivity contribution in [3.63, 3.8) is 0 Å². The monoisotopic (exact) mass is 914 g/mol. The minimum Gasteiger partial charge on any atom is -0.466 e. The normalized spacial score (nSPS) is 12.9. The Morgan fingerprint density at radius 2 is 0.769 bits per heavy atom. The van der Waals surface area contributed by atoms with E-state index in [4.69, 9.17) is 4.74 Å². The standard InChI is InChI=1S/C59H111NO5/c1-3-5-7-9-11-13-14-15-30-33-37-41-45-49-53-59(64)65-54-50-46-42-38-34-31-28-26-24-22-20-18-16-17-19-21-23-25-27-29-32-36-40-44-48-52-58(63)60-56(55-61)57(62)51-47-43-39-35-12-10-8-6-4-2/h14-15,17-20,56-57,61-62H,3-13,16,21-55H2,1-2H3,(H,60,63)/b15-14-,19-17-,20-18-. The van der Waals surface area contributed by atoms with Gasteiger partial charge in [0.2, 0.25) is 5.91 Å². The van der Waals surface area contributed by atoms with Crippen LogP contribution in [0.15, 0.2) is 36.5 Å². The highest BCUT2D eigenvalue weighted by Gasteiger charge is 2.20. The fourth-order valence-corrected chi connectivity index (χ4v) is 8.72. The van der Waals surface area contributed by atoms with Crippen LogP contribution < -0.4 is 5.32 Å². The summed E-state index contributed by atoms with van der Waals surface area (Å²) in [7, 11) is 0. The van der Waals surface area contributed by atoms with Gasteiger partial charge in [-0.1, -0.05) is 243 Å². The van der Waals surface area contributed by atoms with Gasteiger partial charge in [-0.3, -0.25) is 9.59 Å². The molecule has 0 heterocycles. The highest BCUT2D eigenvalue weighted by molar-refractivity contribution is 5.76. The van der Waals surface area contributed by atoms with Gasteiger partial charge in [-0.25, -0.2) is 0 Å². The van der Waals surface area contributed by atoms with Gasteiger partial charge >= 0.3 is 5.97 Å². The van der Waals surface area contributed by atoms with E-state index in [1.807, 2.05) is 0 Å². The third-order valence-electron chi connectivity index (χ3n) is 13.2. The Kier molecular flexibility index (Phi) is 53.1. The van der Waals surface area contributed by atoms with Crippen LogP contribution in [-0.2, 0) is 14.3 Å². The number of allylic oxidation sites excluding steroid dienone is 6. The number of hydrogen-bond donors (Lipinski definition) is 3. The van der Waals surface area contributed by atoms with Gasteiger partial charge in [-0.15, -0.1) is 0 Å². The van der Waals surface area contributed by atoms with Crippen LogP contribution in [0, 0.1) is 0 Å². The number of rotatable bonds is 53. The molecule has 0 bridgehead atoms. The molecular formula is C59H111NO5. The van der Waals surface area contributed by atoms with Crippen molar-refractivity contribution in [3.05, 3.63) is 36.5 Å². The second kappa shape index (κ2) is 54.7. The number of hydrogen-bond acceptors (Lipinski definition) is 5. The van der Waals surface area contributed by atoms with E-state index in [0.717, 1.165) is 51.4 Å². The molecular weight excluding hydrogens is 803 g/mol. The number of nitrogens with one attached hydrogen (secondary N) is 1. The number of unbranched alkanes of at least 4 members (excludes halogenated alkanes) is 36. The summed E-state index contributed by atoms with van der Waals surface area (Å²) in [5.41, 5.74) is 0. The van der Waals surface area contributed by atoms with E-state index in [-0.39, 0.29) is 18.5 Å². The topological polar surface area (TPSA) is 95.9 Å². The molecule has 0 saturated heterocycles. The summed E-state index contributed by atoms with van der Waals surface area (Å²) in [5.74, 6) is -0.0437. The number of aliphatic hydroxyl groups is 2. The predicted molar refractivity (Wildman–Crippen MR) is 283 cm³/mol. The van der Waals surface area contributed by atoms with Gasteiger partial charge in [0, 0.05) is 12.8 Å². The first kappa shape index (κ1) is 63.1. The fourth-order valence-electron chi connectivity index (χ4n) is 8.72. The molecule has 0 radical (unpaired) electrons. The zero-order valence-electron chi connectivity index (χ0n) is 43.5. The lowest BCUT2D eigenvalue weighted by Gasteiger charge is -2.22. The van der Waals surface area contributed by atoms with Crippen LogP contribution >= 0.6 is 0 Å². The first-order valence-corrected chi connectivity index (χ1v) is 28.7. The van der Waals surface area contributed by atoms with Gasteiger partial charge in [-0.2, -0.15) is 0 Å². The van der Waals surface area contributed by atoms with Crippen molar-refractivity contribution in [3.8, 4) is 0 Å². The van der Waals surface area contributed by atoms with E-state index in [1.165, 1.54) is 218 Å². The molecule has 0 rings (SSSR count). The van der Waals surface area contributed by atoms with E-state index in [1.54, 1.807) is 0 Å². The van der Waals surface area contributed by atoms with E-state index in [0.29, 0.717) is 25.9 Å². The summed E-state index contributed by atoms with van der Waals surface area (Å²) in [6, 6.07) is -0.544. The molecule has 0 aromatic rings. The molecule has 0 fully saturated rings. The number of ether oxygens (including phenoxy) is 1. The Hall–Kier alpha value is -1.92. The minimum absolute atomic E-state index is 0.0000334. The minimum atomic E-state index is -0.666. The molecule has 382 valence electrons. The Balaban J connectivity index is 3.41. The molecule has 65 heavy (non-hydrogen) atoms. The molecule has 6 nitrogen and oxygen atoms in total. The van der Waals surface area contributed by atoms with Crippen molar-refractivity contribution in [1.29, 1.82) is 0 Å². The second-order valence-corrected chi connectivity index (χ2v) is 19.6. The summed E-state index contributed by atoms with van der Waals surface area (Å²) in [6.45, 7) is 4.91. The summed E-state index contributed by atoms with van der Waals surface area (Å²) in [5, 5.41) is 23.1. The van der Waals surface area contributed by atoms with Crippen LogP contribution in [0.4, 0.5) is 0 Å². The number of aliphatic hydroxyl groups excluding tert-OH is 2. The largest absolute Gasteiger partial charge is 0.466 e. The van der Waals surface area contributed by atoms with E-state index < -0.39 is 12.1 Å². The van der Waals surface area contributed by atoms with Crippen LogP contribution in [0.25, 0.3) is 0 Å². The molecule has 0 aromatic heterocycles. The average molecular weight is 915 g/mol. The maximum Gasteiger partial charge on any atom is 0.305 e. The highest BCUT2D eigenvalue weighted by atomic mass is 16.5. The summed E-state index contributed by atoms with van der Waals surface area (Å²) >= 11 is 0. The van der Waals surface area contributed by atoms with Gasteiger partial charge in [-0.05, 0) is 83.5 Å². The molecule has 2 unspecified atom stereocenters. The third-order valence-corrected chi connectivity index (χ3v) is 13.2. The second-order valence-electron chi connectivity index (χ2n) is 19.6. The van der Waals surface area contributed by atoms with Gasteiger partial charge in [0.05, 0.1) is 25.4 Å². The molecule has 1 amide bonds. The molecule has 3 N–H and O–H groups in total. The van der Waals surface area contributed by atoms with Crippen molar-refractivity contribution in [2.75, 3.05) is 13.2 Å². The highest BCUT2D eigenvalue weighted by Crippen LogP contribution is 2.16. The van der Waals surface area contributed by atoms with Crippen LogP contribution in [-0.4, -0.2) is 47.4 Å². The van der Waals surface area contributed by atoms with Crippen LogP contribution in [0.3, 0.4) is 0 Å². The predicted octanol–water partition coefficient (Wildman–Crippen LogP) is 17.6. The van der Waals surface area contributed by atoms with E-state index in [2.05, 4.69) is 55.6 Å². The lowest BCUT2D eigenvalue weighted by molar-refractivity contribution is -0.143. The molecule has 2 atom stereocenters. The van der Waals surface area contributed by atoms with Crippen LogP contribution in [0.1, 0.15) is 303 Å². The summed E-state index contributed by atoms with van der Waals surface area (Å²) < 4.78 is 5.47. The molecule has 0 spiro atoms. The van der Waals surface area contributed by atoms with E-state index >= 15 is 0 Å². The first-order valence-electron chi connectivity index (χ1n) is 28.7. The fraction of sp³-hybridized carbons (Fsp3) is 0.864. The van der Waals surface area contributed by atoms with Gasteiger partial charge < -0.3 is 20.3 Å². The zero-order valence-corrected chi connectivity index (χ0v) is 43.5. The van der Waals surface area contributed by atoms with Gasteiger partial charge in [0.1, 0.15) is 0 Å². The average Bonchev–Trinajstić information content (AvgIpc) is 3.31. The van der Waals surface area contributed by atoms with Crippen LogP contribution in [0.5, 0.6) is 0 Å². The van der Waals surface area contributed by atoms with E-state index in [9.17, 15) is 19.8 Å². The van der Waals surface area contributed by atoms with Gasteiger partial charge in [0.15, 0.2) is 0 Å². The number of carbonyl (C=O) groups excluding carboxylic acids is 2. The zero-order chi connectivity index (χ0) is 47.2. The lowest BCUT2D eigenvalue weighted by Crippen LogP contribution is -2.45. The lowest BCUT2D eigenvalue weighted by atomic mass is 10.0. The molecule has 0 aliphatic heterocycles. The molecule has 0 aliphatic carbocycles. The Morgan fingerprint density at radius 1 is 0.431 bits per heavy atom. The Bertz CT molecular complexity index is 1060. The molecule has 0 aromatic carbocycles. The maximum absolute atomic E-state index is 12.4. The SMILES string of the molecule is CCCCCCC/C=C\CCCCCCCC(=O)OCCCCCCCCCCC/C=C\C/C=C\CCCCCCCCCCCC(=O)NC(CO)C(O)CCCCCCCCCCC. The van der Waals surface area contributed by atoms with Crippen molar-refractivity contribution in [2.24, 2.45) is 0 Å². The summed E-state index contributed by atoms with van der Waals surface area (Å²) in [6.07, 6.45) is 67.2. The molecule has 6 heteroatoms.